The largest absolute Gasteiger partial charge is 0.478 e. The lowest BCUT2D eigenvalue weighted by atomic mass is 9.96. The summed E-state index contributed by atoms with van der Waals surface area (Å²) in [4.78, 5) is 28.6. The highest BCUT2D eigenvalue weighted by molar-refractivity contribution is 8.02. The van der Waals surface area contributed by atoms with Crippen LogP contribution in [0.25, 0.3) is 0 Å². The molecule has 0 aliphatic carbocycles. The summed E-state index contributed by atoms with van der Waals surface area (Å²) in [6.07, 6.45) is 4.43. The molecule has 8 heteroatoms. The SMILES string of the molecule is CSc1cccc2c1Sc1ccccc1CC2N1CCN(C)CC1.O=C(O)/C=C\C(=O)O. The van der Waals surface area contributed by atoms with Crippen molar-refractivity contribution in [2.75, 3.05) is 39.5 Å². The first-order chi connectivity index (χ1) is 15.4. The number of fused-ring (bicyclic) bond motifs is 2. The van der Waals surface area contributed by atoms with Crippen LogP contribution in [0.4, 0.5) is 0 Å². The number of aliphatic carboxylic acids is 2. The summed E-state index contributed by atoms with van der Waals surface area (Å²) in [7, 11) is 2.23. The molecule has 0 radical (unpaired) electrons. The van der Waals surface area contributed by atoms with Gasteiger partial charge in [-0.05, 0) is 43.0 Å². The average Bonchev–Trinajstić information content (AvgIpc) is 2.95. The van der Waals surface area contributed by atoms with Crippen LogP contribution in [0, 0.1) is 0 Å². The number of carboxylic acid groups (broad SMARTS) is 2. The second-order valence-corrected chi connectivity index (χ2v) is 9.56. The van der Waals surface area contributed by atoms with Crippen LogP contribution < -0.4 is 0 Å². The molecule has 2 aliphatic rings. The summed E-state index contributed by atoms with van der Waals surface area (Å²) in [5, 5.41) is 15.6. The third-order valence-corrected chi connectivity index (χ3v) is 7.72. The number of benzene rings is 2. The smallest absolute Gasteiger partial charge is 0.328 e. The number of piperazine rings is 1. The van der Waals surface area contributed by atoms with Crippen LogP contribution in [-0.4, -0.2) is 71.4 Å². The molecular weight excluding hydrogens is 444 g/mol. The van der Waals surface area contributed by atoms with Gasteiger partial charge in [-0.1, -0.05) is 42.1 Å². The first-order valence-corrected chi connectivity index (χ1v) is 12.4. The fraction of sp³-hybridized carbons (Fsp3) is 0.333. The Morgan fingerprint density at radius 2 is 1.66 bits per heavy atom. The summed E-state index contributed by atoms with van der Waals surface area (Å²) in [5.41, 5.74) is 3.02. The van der Waals surface area contributed by atoms with Gasteiger partial charge in [-0.3, -0.25) is 4.90 Å². The van der Waals surface area contributed by atoms with E-state index in [2.05, 4.69) is 65.6 Å². The Kier molecular flexibility index (Phi) is 8.81. The molecule has 0 spiro atoms. The number of carbonyl (C=O) groups is 2. The van der Waals surface area contributed by atoms with Crippen molar-refractivity contribution in [2.45, 2.75) is 27.1 Å². The van der Waals surface area contributed by atoms with E-state index < -0.39 is 11.9 Å². The van der Waals surface area contributed by atoms with Crippen LogP contribution in [0.3, 0.4) is 0 Å². The van der Waals surface area contributed by atoms with Crippen molar-refractivity contribution in [3.8, 4) is 0 Å². The van der Waals surface area contributed by atoms with E-state index in [0.717, 1.165) is 19.5 Å². The van der Waals surface area contributed by atoms with Gasteiger partial charge in [0, 0.05) is 59.1 Å². The molecule has 1 unspecified atom stereocenters. The molecule has 0 aromatic heterocycles. The summed E-state index contributed by atoms with van der Waals surface area (Å²) in [6.45, 7) is 4.67. The topological polar surface area (TPSA) is 81.1 Å². The third kappa shape index (κ3) is 6.38. The third-order valence-electron chi connectivity index (χ3n) is 5.53. The average molecular weight is 473 g/mol. The standard InChI is InChI=1S/C20H24N2S2.C4H4O4/c1-21-10-12-22(13-11-21)17-14-15-6-3-4-8-18(15)24-20-16(17)7-5-9-19(20)23-2;5-3(6)1-2-4(7)8/h3-9,17H,10-14H2,1-2H3;1-2H,(H,5,6)(H,7,8)/b;2-1-. The van der Waals surface area contributed by atoms with Gasteiger partial charge in [-0.25, -0.2) is 9.59 Å². The molecule has 0 bridgehead atoms. The maximum absolute atomic E-state index is 9.55. The minimum absolute atomic E-state index is 0.497. The van der Waals surface area contributed by atoms with Crippen molar-refractivity contribution in [3.63, 3.8) is 0 Å². The molecule has 2 aliphatic heterocycles. The molecule has 2 aromatic rings. The number of hydrogen-bond donors (Lipinski definition) is 2. The molecule has 1 saturated heterocycles. The van der Waals surface area contributed by atoms with Gasteiger partial charge >= 0.3 is 11.9 Å². The van der Waals surface area contributed by atoms with Crippen molar-refractivity contribution in [3.05, 3.63) is 65.7 Å². The zero-order chi connectivity index (χ0) is 23.1. The number of nitrogens with zero attached hydrogens (tertiary/aromatic N) is 2. The lowest BCUT2D eigenvalue weighted by molar-refractivity contribution is -0.134. The molecule has 2 heterocycles. The summed E-state index contributed by atoms with van der Waals surface area (Å²) in [5.74, 6) is -2.51. The Morgan fingerprint density at radius 1 is 1.00 bits per heavy atom. The van der Waals surface area contributed by atoms with Crippen LogP contribution >= 0.6 is 23.5 Å². The van der Waals surface area contributed by atoms with Gasteiger partial charge in [0.05, 0.1) is 0 Å². The molecule has 2 aromatic carbocycles. The normalized spacial score (nSPS) is 18.8. The van der Waals surface area contributed by atoms with Crippen LogP contribution in [0.15, 0.2) is 69.3 Å². The Bertz CT molecular complexity index is 972. The lowest BCUT2D eigenvalue weighted by Gasteiger charge is -2.38. The van der Waals surface area contributed by atoms with Crippen molar-refractivity contribution in [2.24, 2.45) is 0 Å². The highest BCUT2D eigenvalue weighted by atomic mass is 32.2. The summed E-state index contributed by atoms with van der Waals surface area (Å²) < 4.78 is 0. The van der Waals surface area contributed by atoms with E-state index in [9.17, 15) is 9.59 Å². The molecule has 170 valence electrons. The minimum atomic E-state index is -1.26. The van der Waals surface area contributed by atoms with Gasteiger partial charge in [0.15, 0.2) is 0 Å². The molecule has 6 nitrogen and oxygen atoms in total. The number of thioether (sulfide) groups is 1. The molecular formula is C24H28N2O4S2. The Hall–Kier alpha value is -2.26. The quantitative estimate of drug-likeness (QED) is 0.508. The monoisotopic (exact) mass is 472 g/mol. The molecule has 1 fully saturated rings. The van der Waals surface area contributed by atoms with E-state index in [1.807, 2.05) is 23.5 Å². The minimum Gasteiger partial charge on any atom is -0.478 e. The van der Waals surface area contributed by atoms with E-state index in [-0.39, 0.29) is 0 Å². The molecule has 0 saturated carbocycles. The van der Waals surface area contributed by atoms with E-state index in [1.165, 1.54) is 38.9 Å². The van der Waals surface area contributed by atoms with Crippen LogP contribution in [0.2, 0.25) is 0 Å². The maximum Gasteiger partial charge on any atom is 0.328 e. The lowest BCUT2D eigenvalue weighted by Crippen LogP contribution is -2.46. The van der Waals surface area contributed by atoms with Gasteiger partial charge in [-0.15, -0.1) is 11.8 Å². The highest BCUT2D eigenvalue weighted by Gasteiger charge is 2.30. The number of rotatable bonds is 4. The predicted molar refractivity (Wildman–Crippen MR) is 129 cm³/mol. The van der Waals surface area contributed by atoms with E-state index in [1.54, 1.807) is 0 Å². The number of likely N-dealkylation sites (N-methyl/N-ethyl adjacent to an activating group) is 1. The molecule has 0 amide bonds. The van der Waals surface area contributed by atoms with E-state index in [0.29, 0.717) is 18.2 Å². The summed E-state index contributed by atoms with van der Waals surface area (Å²) in [6, 6.07) is 16.3. The maximum atomic E-state index is 9.55. The van der Waals surface area contributed by atoms with Crippen molar-refractivity contribution in [1.82, 2.24) is 9.80 Å². The fourth-order valence-corrected chi connectivity index (χ4v) is 5.90. The molecule has 2 N–H and O–H groups in total. The zero-order valence-corrected chi connectivity index (χ0v) is 19.9. The predicted octanol–water partition coefficient (Wildman–Crippen LogP) is 4.12. The molecule has 4 rings (SSSR count). The Balaban J connectivity index is 0.000000312. The number of carboxylic acids is 2. The van der Waals surface area contributed by atoms with Crippen molar-refractivity contribution >= 4 is 35.5 Å². The van der Waals surface area contributed by atoms with Gasteiger partial charge < -0.3 is 15.1 Å². The summed E-state index contributed by atoms with van der Waals surface area (Å²) >= 11 is 3.83. The first kappa shape index (κ1) is 24.4. The van der Waals surface area contributed by atoms with Crippen LogP contribution in [-0.2, 0) is 16.0 Å². The zero-order valence-electron chi connectivity index (χ0n) is 18.2. The fourth-order valence-electron chi connectivity index (χ4n) is 3.87. The second kappa shape index (κ2) is 11.6. The van der Waals surface area contributed by atoms with Crippen molar-refractivity contribution < 1.29 is 19.8 Å². The van der Waals surface area contributed by atoms with Crippen LogP contribution in [0.5, 0.6) is 0 Å². The second-order valence-electron chi connectivity index (χ2n) is 7.66. The van der Waals surface area contributed by atoms with Gasteiger partial charge in [0.2, 0.25) is 0 Å². The molecule has 1 atom stereocenters. The highest BCUT2D eigenvalue weighted by Crippen LogP contribution is 2.46. The van der Waals surface area contributed by atoms with Crippen molar-refractivity contribution in [1.29, 1.82) is 0 Å². The number of hydrogen-bond acceptors (Lipinski definition) is 6. The van der Waals surface area contributed by atoms with Crippen LogP contribution in [0.1, 0.15) is 17.2 Å². The Morgan fingerprint density at radius 3 is 2.28 bits per heavy atom. The van der Waals surface area contributed by atoms with Gasteiger partial charge in [0.25, 0.3) is 0 Å². The van der Waals surface area contributed by atoms with E-state index in [4.69, 9.17) is 10.2 Å². The van der Waals surface area contributed by atoms with E-state index >= 15 is 0 Å². The van der Waals surface area contributed by atoms with Gasteiger partial charge in [-0.2, -0.15) is 0 Å². The molecule has 32 heavy (non-hydrogen) atoms. The Labute approximate surface area is 197 Å². The first-order valence-electron chi connectivity index (χ1n) is 10.4. The van der Waals surface area contributed by atoms with Gasteiger partial charge in [0.1, 0.15) is 0 Å².